The Bertz CT molecular complexity index is 533. The van der Waals surface area contributed by atoms with E-state index in [1.54, 1.807) is 6.07 Å². The number of hydrogen-bond acceptors (Lipinski definition) is 4. The minimum Gasteiger partial charge on any atom is -0.396 e. The van der Waals surface area contributed by atoms with Gasteiger partial charge in [-0.25, -0.2) is 8.42 Å². The Hall–Kier alpha value is -1.23. The molecule has 0 heterocycles. The molecular weight excluding hydrogens is 236 g/mol. The first-order chi connectivity index (χ1) is 7.82. The van der Waals surface area contributed by atoms with Crippen LogP contribution in [0.4, 0.5) is 11.4 Å². The highest BCUT2D eigenvalue weighted by Crippen LogP contribution is 2.45. The second-order valence-electron chi connectivity index (χ2n) is 5.15. The number of anilines is 2. The number of para-hydroxylation sites is 1. The van der Waals surface area contributed by atoms with Crippen LogP contribution in [-0.4, -0.2) is 21.2 Å². The van der Waals surface area contributed by atoms with E-state index in [1.165, 1.54) is 25.2 Å². The number of nitrogens with one attached hydrogen (secondary N) is 1. The average Bonchev–Trinajstić information content (AvgIpc) is 2.94. The molecule has 0 aromatic heterocycles. The van der Waals surface area contributed by atoms with Crippen molar-refractivity contribution in [1.29, 1.82) is 0 Å². The second-order valence-corrected chi connectivity index (χ2v) is 7.14. The molecule has 0 radical (unpaired) electrons. The smallest absolute Gasteiger partial charge is 0.177 e. The van der Waals surface area contributed by atoms with Crippen LogP contribution in [0.3, 0.4) is 0 Å². The summed E-state index contributed by atoms with van der Waals surface area (Å²) < 4.78 is 23.0. The molecule has 17 heavy (non-hydrogen) atoms. The van der Waals surface area contributed by atoms with Crippen LogP contribution in [0.5, 0.6) is 0 Å². The molecule has 0 amide bonds. The van der Waals surface area contributed by atoms with Crippen LogP contribution >= 0.6 is 0 Å². The Morgan fingerprint density at radius 1 is 1.41 bits per heavy atom. The third kappa shape index (κ3) is 2.72. The predicted molar refractivity (Wildman–Crippen MR) is 69.8 cm³/mol. The second kappa shape index (κ2) is 3.91. The van der Waals surface area contributed by atoms with E-state index in [0.717, 1.165) is 6.54 Å². The number of hydrogen-bond donors (Lipinski definition) is 2. The van der Waals surface area contributed by atoms with Crippen molar-refractivity contribution in [3.63, 3.8) is 0 Å². The Balaban J connectivity index is 2.23. The molecule has 0 saturated heterocycles. The minimum absolute atomic E-state index is 0.198. The number of sulfone groups is 1. The molecule has 1 saturated carbocycles. The SMILES string of the molecule is CC1(CNc2cccc(S(C)(=O)=O)c2N)CC1. The van der Waals surface area contributed by atoms with Crippen molar-refractivity contribution in [2.24, 2.45) is 5.41 Å². The molecule has 0 bridgehead atoms. The lowest BCUT2D eigenvalue weighted by Crippen LogP contribution is -2.14. The van der Waals surface area contributed by atoms with Crippen LogP contribution in [-0.2, 0) is 9.84 Å². The molecule has 1 fully saturated rings. The van der Waals surface area contributed by atoms with Gasteiger partial charge in [0.1, 0.15) is 0 Å². The topological polar surface area (TPSA) is 72.2 Å². The van der Waals surface area contributed by atoms with Gasteiger partial charge in [-0.3, -0.25) is 0 Å². The van der Waals surface area contributed by atoms with Crippen molar-refractivity contribution < 1.29 is 8.42 Å². The highest BCUT2D eigenvalue weighted by atomic mass is 32.2. The van der Waals surface area contributed by atoms with E-state index in [9.17, 15) is 8.42 Å². The maximum Gasteiger partial charge on any atom is 0.177 e. The lowest BCUT2D eigenvalue weighted by Gasteiger charge is -2.14. The number of nitrogen functional groups attached to an aromatic ring is 1. The van der Waals surface area contributed by atoms with Gasteiger partial charge in [0.05, 0.1) is 16.3 Å². The standard InChI is InChI=1S/C12H18N2O2S/c1-12(6-7-12)8-14-9-4-3-5-10(11(9)13)17(2,15)16/h3-5,14H,6-8,13H2,1-2H3. The summed E-state index contributed by atoms with van der Waals surface area (Å²) in [6, 6.07) is 5.06. The van der Waals surface area contributed by atoms with Gasteiger partial charge < -0.3 is 11.1 Å². The Labute approximate surface area is 102 Å². The van der Waals surface area contributed by atoms with Crippen molar-refractivity contribution in [2.75, 3.05) is 23.9 Å². The van der Waals surface area contributed by atoms with Crippen LogP contribution in [0.2, 0.25) is 0 Å². The lowest BCUT2D eigenvalue weighted by atomic mass is 10.1. The molecule has 1 aromatic carbocycles. The van der Waals surface area contributed by atoms with Crippen LogP contribution in [0.15, 0.2) is 23.1 Å². The molecule has 1 aromatic rings. The van der Waals surface area contributed by atoms with Gasteiger partial charge in [0.25, 0.3) is 0 Å². The van der Waals surface area contributed by atoms with E-state index in [0.29, 0.717) is 16.8 Å². The fourth-order valence-corrected chi connectivity index (χ4v) is 2.56. The average molecular weight is 254 g/mol. The Morgan fingerprint density at radius 2 is 2.06 bits per heavy atom. The third-order valence-electron chi connectivity index (χ3n) is 3.27. The molecule has 0 atom stereocenters. The monoisotopic (exact) mass is 254 g/mol. The summed E-state index contributed by atoms with van der Waals surface area (Å²) in [4.78, 5) is 0.198. The first-order valence-corrected chi connectivity index (χ1v) is 7.53. The fraction of sp³-hybridized carbons (Fsp3) is 0.500. The Kier molecular flexibility index (Phi) is 2.81. The molecule has 5 heteroatoms. The van der Waals surface area contributed by atoms with Crippen molar-refractivity contribution >= 4 is 21.2 Å². The molecule has 0 unspecified atom stereocenters. The van der Waals surface area contributed by atoms with Gasteiger partial charge in [0.15, 0.2) is 9.84 Å². The molecule has 3 N–H and O–H groups in total. The predicted octanol–water partition coefficient (Wildman–Crippen LogP) is 1.88. The molecule has 2 rings (SSSR count). The molecule has 4 nitrogen and oxygen atoms in total. The molecule has 0 aliphatic heterocycles. The van der Waals surface area contributed by atoms with E-state index >= 15 is 0 Å². The molecule has 94 valence electrons. The van der Waals surface area contributed by atoms with Gasteiger partial charge in [0.2, 0.25) is 0 Å². The number of rotatable bonds is 4. The van der Waals surface area contributed by atoms with Gasteiger partial charge in [-0.15, -0.1) is 0 Å². The molecular formula is C12H18N2O2S. The van der Waals surface area contributed by atoms with Crippen molar-refractivity contribution in [3.8, 4) is 0 Å². The first kappa shape index (κ1) is 12.2. The van der Waals surface area contributed by atoms with Crippen LogP contribution in [0.1, 0.15) is 19.8 Å². The molecule has 1 aliphatic rings. The fourth-order valence-electron chi connectivity index (χ4n) is 1.72. The summed E-state index contributed by atoms with van der Waals surface area (Å²) in [6.07, 6.45) is 3.60. The van der Waals surface area contributed by atoms with Gasteiger partial charge in [-0.05, 0) is 30.4 Å². The quantitative estimate of drug-likeness (QED) is 0.805. The first-order valence-electron chi connectivity index (χ1n) is 5.64. The third-order valence-corrected chi connectivity index (χ3v) is 4.43. The van der Waals surface area contributed by atoms with E-state index in [1.807, 2.05) is 6.07 Å². The zero-order valence-electron chi connectivity index (χ0n) is 10.2. The maximum atomic E-state index is 11.5. The largest absolute Gasteiger partial charge is 0.396 e. The van der Waals surface area contributed by atoms with Gasteiger partial charge in [0, 0.05) is 12.8 Å². The van der Waals surface area contributed by atoms with Crippen LogP contribution in [0, 0.1) is 5.41 Å². The number of benzene rings is 1. The summed E-state index contributed by atoms with van der Waals surface area (Å²) in [7, 11) is -3.26. The van der Waals surface area contributed by atoms with Crippen molar-refractivity contribution in [1.82, 2.24) is 0 Å². The summed E-state index contributed by atoms with van der Waals surface area (Å²) in [5.41, 5.74) is 7.26. The van der Waals surface area contributed by atoms with Crippen LogP contribution < -0.4 is 11.1 Å². The zero-order valence-corrected chi connectivity index (χ0v) is 11.0. The van der Waals surface area contributed by atoms with Crippen LogP contribution in [0.25, 0.3) is 0 Å². The van der Waals surface area contributed by atoms with Gasteiger partial charge >= 0.3 is 0 Å². The maximum absolute atomic E-state index is 11.5. The van der Waals surface area contributed by atoms with Crippen molar-refractivity contribution in [3.05, 3.63) is 18.2 Å². The molecule has 1 aliphatic carbocycles. The van der Waals surface area contributed by atoms with E-state index < -0.39 is 9.84 Å². The summed E-state index contributed by atoms with van der Waals surface area (Å²) in [6.45, 7) is 3.04. The summed E-state index contributed by atoms with van der Waals surface area (Å²) >= 11 is 0. The van der Waals surface area contributed by atoms with E-state index in [-0.39, 0.29) is 4.90 Å². The lowest BCUT2D eigenvalue weighted by molar-refractivity contribution is 0.602. The van der Waals surface area contributed by atoms with E-state index in [2.05, 4.69) is 12.2 Å². The van der Waals surface area contributed by atoms with Gasteiger partial charge in [-0.2, -0.15) is 0 Å². The van der Waals surface area contributed by atoms with Gasteiger partial charge in [-0.1, -0.05) is 13.0 Å². The Morgan fingerprint density at radius 3 is 2.59 bits per heavy atom. The normalized spacial score (nSPS) is 17.8. The summed E-state index contributed by atoms with van der Waals surface area (Å²) in [5, 5.41) is 3.24. The van der Waals surface area contributed by atoms with Crippen molar-refractivity contribution in [2.45, 2.75) is 24.7 Å². The number of nitrogens with two attached hydrogens (primary N) is 1. The molecule has 0 spiro atoms. The summed E-state index contributed by atoms with van der Waals surface area (Å²) in [5.74, 6) is 0. The minimum atomic E-state index is -3.26. The highest BCUT2D eigenvalue weighted by Gasteiger charge is 2.36. The highest BCUT2D eigenvalue weighted by molar-refractivity contribution is 7.90. The van der Waals surface area contributed by atoms with E-state index in [4.69, 9.17) is 5.73 Å². The zero-order chi connectivity index (χ0) is 12.7.